The maximum atomic E-state index is 6.92. The molecule has 1 saturated heterocycles. The van der Waals surface area contributed by atoms with E-state index < -0.39 is 24.4 Å². The molecular formula is C40H40O5S. The number of rotatable bonds is 15. The summed E-state index contributed by atoms with van der Waals surface area (Å²) in [6, 6.07) is 51.2. The molecule has 0 aromatic heterocycles. The topological polar surface area (TPSA) is 46.2 Å². The largest absolute Gasteiger partial charge is 0.374 e. The average molecular weight is 633 g/mol. The molecule has 6 rings (SSSR count). The zero-order chi connectivity index (χ0) is 31.2. The Hall–Kier alpha value is -3.75. The molecular weight excluding hydrogens is 593 g/mol. The zero-order valence-corrected chi connectivity index (χ0v) is 26.6. The summed E-state index contributed by atoms with van der Waals surface area (Å²) >= 11 is 1.64. The second-order valence-electron chi connectivity index (χ2n) is 11.3. The Morgan fingerprint density at radius 1 is 0.435 bits per heavy atom. The molecule has 5 aromatic rings. The van der Waals surface area contributed by atoms with Crippen LogP contribution in [0.1, 0.15) is 22.3 Å². The van der Waals surface area contributed by atoms with Crippen molar-refractivity contribution in [3.63, 3.8) is 0 Å². The van der Waals surface area contributed by atoms with Crippen LogP contribution >= 0.6 is 11.8 Å². The van der Waals surface area contributed by atoms with Crippen LogP contribution in [0.15, 0.2) is 157 Å². The van der Waals surface area contributed by atoms with Crippen LogP contribution in [0.4, 0.5) is 0 Å². The van der Waals surface area contributed by atoms with Crippen LogP contribution in [0.2, 0.25) is 0 Å². The first-order chi connectivity index (χ1) is 22.8. The Labute approximate surface area is 276 Å². The summed E-state index contributed by atoms with van der Waals surface area (Å²) in [5, 5.41) is 0. The lowest BCUT2D eigenvalue weighted by molar-refractivity contribution is -0.254. The van der Waals surface area contributed by atoms with E-state index in [2.05, 4.69) is 60.7 Å². The highest BCUT2D eigenvalue weighted by Gasteiger charge is 2.48. The molecule has 0 spiro atoms. The Morgan fingerprint density at radius 2 is 0.826 bits per heavy atom. The highest BCUT2D eigenvalue weighted by molar-refractivity contribution is 7.99. The maximum absolute atomic E-state index is 6.92. The molecule has 1 aliphatic rings. The summed E-state index contributed by atoms with van der Waals surface area (Å²) in [5.41, 5.74) is 3.99. The minimum absolute atomic E-state index is 0.344. The Morgan fingerprint density at radius 3 is 1.30 bits per heavy atom. The molecule has 1 aliphatic heterocycles. The highest BCUT2D eigenvalue weighted by atomic mass is 32.2. The molecule has 5 nitrogen and oxygen atoms in total. The van der Waals surface area contributed by atoms with Gasteiger partial charge in [-0.3, -0.25) is 0 Å². The van der Waals surface area contributed by atoms with Gasteiger partial charge in [0.15, 0.2) is 0 Å². The van der Waals surface area contributed by atoms with Crippen LogP contribution in [-0.2, 0) is 50.1 Å². The summed E-state index contributed by atoms with van der Waals surface area (Å²) in [6.07, 6.45) is -1.72. The SMILES string of the molecule is c1ccc(COCC2O[C@@H](Sc3ccccc3)C(OCc3ccccc3)[C@@H](OCc3ccccc3)[C@H]2OCc2ccccc2)cc1. The van der Waals surface area contributed by atoms with Crippen LogP contribution in [0.5, 0.6) is 0 Å². The lowest BCUT2D eigenvalue weighted by Gasteiger charge is -2.46. The number of hydrogen-bond donors (Lipinski definition) is 0. The molecule has 236 valence electrons. The zero-order valence-electron chi connectivity index (χ0n) is 25.8. The highest BCUT2D eigenvalue weighted by Crippen LogP contribution is 2.38. The smallest absolute Gasteiger partial charge is 0.137 e. The van der Waals surface area contributed by atoms with Gasteiger partial charge in [0, 0.05) is 4.90 Å². The lowest BCUT2D eigenvalue weighted by Crippen LogP contribution is -2.60. The molecule has 0 aliphatic carbocycles. The van der Waals surface area contributed by atoms with Gasteiger partial charge in [0.05, 0.1) is 33.0 Å². The molecule has 0 amide bonds. The average Bonchev–Trinajstić information content (AvgIpc) is 3.12. The van der Waals surface area contributed by atoms with Crippen molar-refractivity contribution in [1.82, 2.24) is 0 Å². The van der Waals surface area contributed by atoms with Gasteiger partial charge in [0.25, 0.3) is 0 Å². The van der Waals surface area contributed by atoms with Crippen LogP contribution in [0.25, 0.3) is 0 Å². The van der Waals surface area contributed by atoms with E-state index in [0.29, 0.717) is 33.0 Å². The standard InChI is InChI=1S/C40H40O5S/c1-6-16-31(17-7-1)26-41-30-36-37(42-27-32-18-8-2-9-19-32)38(43-28-33-20-10-3-11-21-33)39(44-29-34-22-12-4-13-23-34)40(45-36)46-35-24-14-5-15-25-35/h1-25,36-40H,26-30H2/t36?,37-,38-,39?,40-/m0/s1. The number of thioether (sulfide) groups is 1. The second kappa shape index (κ2) is 17.2. The molecule has 2 unspecified atom stereocenters. The summed E-state index contributed by atoms with van der Waals surface area (Å²) < 4.78 is 33.6. The molecule has 5 atom stereocenters. The van der Waals surface area contributed by atoms with E-state index in [-0.39, 0.29) is 5.44 Å². The minimum atomic E-state index is -0.451. The lowest BCUT2D eigenvalue weighted by atomic mass is 9.98. The molecule has 5 aromatic carbocycles. The Balaban J connectivity index is 1.31. The normalized spacial score (nSPS) is 21.2. The van der Waals surface area contributed by atoms with Gasteiger partial charge in [0.2, 0.25) is 0 Å². The fraction of sp³-hybridized carbons (Fsp3) is 0.250. The van der Waals surface area contributed by atoms with E-state index in [0.717, 1.165) is 27.1 Å². The van der Waals surface area contributed by atoms with Crippen LogP contribution < -0.4 is 0 Å². The van der Waals surface area contributed by atoms with Gasteiger partial charge < -0.3 is 23.7 Å². The van der Waals surface area contributed by atoms with Crippen LogP contribution in [0.3, 0.4) is 0 Å². The van der Waals surface area contributed by atoms with Crippen molar-refractivity contribution < 1.29 is 23.7 Å². The van der Waals surface area contributed by atoms with Crippen molar-refractivity contribution in [1.29, 1.82) is 0 Å². The van der Waals surface area contributed by atoms with Gasteiger partial charge in [-0.25, -0.2) is 0 Å². The molecule has 1 heterocycles. The van der Waals surface area contributed by atoms with E-state index in [1.807, 2.05) is 91.0 Å². The van der Waals surface area contributed by atoms with Gasteiger partial charge in [-0.1, -0.05) is 151 Å². The summed E-state index contributed by atoms with van der Waals surface area (Å²) in [4.78, 5) is 1.09. The van der Waals surface area contributed by atoms with Crippen molar-refractivity contribution in [2.24, 2.45) is 0 Å². The first-order valence-electron chi connectivity index (χ1n) is 15.8. The summed E-state index contributed by atoms with van der Waals surface area (Å²) in [7, 11) is 0. The second-order valence-corrected chi connectivity index (χ2v) is 12.4. The molecule has 6 heteroatoms. The van der Waals surface area contributed by atoms with Gasteiger partial charge in [0.1, 0.15) is 29.9 Å². The molecule has 0 radical (unpaired) electrons. The molecule has 0 bridgehead atoms. The molecule has 46 heavy (non-hydrogen) atoms. The number of hydrogen-bond acceptors (Lipinski definition) is 6. The fourth-order valence-electron chi connectivity index (χ4n) is 5.48. The first kappa shape index (κ1) is 32.2. The van der Waals surface area contributed by atoms with Crippen molar-refractivity contribution in [3.8, 4) is 0 Å². The van der Waals surface area contributed by atoms with Crippen molar-refractivity contribution >= 4 is 11.8 Å². The Kier molecular flexibility index (Phi) is 12.1. The van der Waals surface area contributed by atoms with Crippen LogP contribution in [-0.4, -0.2) is 36.5 Å². The van der Waals surface area contributed by atoms with Gasteiger partial charge >= 0.3 is 0 Å². The van der Waals surface area contributed by atoms with E-state index in [1.165, 1.54) is 0 Å². The maximum Gasteiger partial charge on any atom is 0.137 e. The van der Waals surface area contributed by atoms with Crippen molar-refractivity contribution in [3.05, 3.63) is 174 Å². The molecule has 0 saturated carbocycles. The van der Waals surface area contributed by atoms with E-state index in [4.69, 9.17) is 23.7 Å². The first-order valence-corrected chi connectivity index (χ1v) is 16.7. The quantitative estimate of drug-likeness (QED) is 0.115. The summed E-state index contributed by atoms with van der Waals surface area (Å²) in [5.74, 6) is 0. The van der Waals surface area contributed by atoms with Gasteiger partial charge in [-0.05, 0) is 34.4 Å². The third kappa shape index (κ3) is 9.39. The van der Waals surface area contributed by atoms with E-state index in [1.54, 1.807) is 11.8 Å². The van der Waals surface area contributed by atoms with Gasteiger partial charge in [-0.15, -0.1) is 0 Å². The third-order valence-corrected chi connectivity index (χ3v) is 8.99. The van der Waals surface area contributed by atoms with E-state index in [9.17, 15) is 0 Å². The number of benzene rings is 5. The monoisotopic (exact) mass is 632 g/mol. The Bertz CT molecular complexity index is 1540. The predicted molar refractivity (Wildman–Crippen MR) is 182 cm³/mol. The fourth-order valence-corrected chi connectivity index (χ4v) is 6.62. The van der Waals surface area contributed by atoms with Gasteiger partial charge in [-0.2, -0.15) is 0 Å². The van der Waals surface area contributed by atoms with Crippen molar-refractivity contribution in [2.45, 2.75) is 61.2 Å². The summed E-state index contributed by atoms with van der Waals surface area (Å²) in [6.45, 7) is 2.08. The van der Waals surface area contributed by atoms with Crippen LogP contribution in [0, 0.1) is 0 Å². The molecule has 1 fully saturated rings. The van der Waals surface area contributed by atoms with E-state index >= 15 is 0 Å². The predicted octanol–water partition coefficient (Wildman–Crippen LogP) is 8.48. The third-order valence-electron chi connectivity index (χ3n) is 7.84. The minimum Gasteiger partial charge on any atom is -0.374 e. The van der Waals surface area contributed by atoms with Crippen molar-refractivity contribution in [2.75, 3.05) is 6.61 Å². The number of ether oxygens (including phenoxy) is 5. The molecule has 0 N–H and O–H groups in total.